The summed E-state index contributed by atoms with van der Waals surface area (Å²) in [5.74, 6) is -3.14. The van der Waals surface area contributed by atoms with Crippen LogP contribution in [-0.4, -0.2) is 11.7 Å². The molecule has 0 saturated carbocycles. The van der Waals surface area contributed by atoms with E-state index >= 15 is 0 Å². The monoisotopic (exact) mass is 300 g/mol. The summed E-state index contributed by atoms with van der Waals surface area (Å²) < 4.78 is 50.5. The molecule has 110 valence electrons. The van der Waals surface area contributed by atoms with Crippen LogP contribution in [0.25, 0.3) is 0 Å². The van der Waals surface area contributed by atoms with Crippen molar-refractivity contribution in [3.8, 4) is 0 Å². The van der Waals surface area contributed by atoms with Gasteiger partial charge in [-0.3, -0.25) is 9.59 Å². The summed E-state index contributed by atoms with van der Waals surface area (Å²) in [5, 5.41) is 6.61. The number of aryl methyl sites for hydroxylation is 1. The maximum absolute atomic E-state index is 13.3. The molecule has 1 aromatic carbocycles. The molecule has 0 aliphatic carbocycles. The molecule has 1 heterocycles. The van der Waals surface area contributed by atoms with Crippen LogP contribution in [0.5, 0.6) is 0 Å². The molecule has 1 amide bonds. The Bertz CT molecular complexity index is 663. The van der Waals surface area contributed by atoms with Crippen molar-refractivity contribution < 1.29 is 27.2 Å². The van der Waals surface area contributed by atoms with E-state index in [9.17, 15) is 27.2 Å². The first kappa shape index (κ1) is 15.0. The van der Waals surface area contributed by atoms with Gasteiger partial charge >= 0.3 is 12.1 Å². The summed E-state index contributed by atoms with van der Waals surface area (Å²) in [5.41, 5.74) is -0.788. The maximum atomic E-state index is 13.3. The fraction of sp³-hybridized carbons (Fsp3) is 0.231. The van der Waals surface area contributed by atoms with Gasteiger partial charge in [-0.2, -0.15) is 18.3 Å². The third-order valence-electron chi connectivity index (χ3n) is 2.79. The fourth-order valence-corrected chi connectivity index (χ4v) is 1.74. The van der Waals surface area contributed by atoms with E-state index in [1.165, 1.54) is 0 Å². The Morgan fingerprint density at radius 3 is 2.33 bits per heavy atom. The number of azo groups is 1. The third-order valence-corrected chi connectivity index (χ3v) is 2.79. The summed E-state index contributed by atoms with van der Waals surface area (Å²) in [6, 6.07) is 2.60. The summed E-state index contributed by atoms with van der Waals surface area (Å²) in [6.07, 6.45) is -3.40. The first-order chi connectivity index (χ1) is 9.77. The molecule has 4 nitrogen and oxygen atoms in total. The molecule has 0 bridgehead atoms. The van der Waals surface area contributed by atoms with Crippen LogP contribution in [0, 0.1) is 5.82 Å². The van der Waals surface area contributed by atoms with Crippen molar-refractivity contribution >= 4 is 11.7 Å². The van der Waals surface area contributed by atoms with Gasteiger partial charge in [-0.25, -0.2) is 4.39 Å². The molecule has 0 fully saturated rings. The molecule has 0 unspecified atom stereocenters. The Labute approximate surface area is 116 Å². The number of allylic oxidation sites excluding steroid dienone is 1. The molecule has 1 aliphatic heterocycles. The second-order valence-corrected chi connectivity index (χ2v) is 4.32. The van der Waals surface area contributed by atoms with Crippen molar-refractivity contribution in [2.45, 2.75) is 19.0 Å². The van der Waals surface area contributed by atoms with Crippen LogP contribution in [-0.2, 0) is 22.2 Å². The highest BCUT2D eigenvalue weighted by molar-refractivity contribution is 6.41. The number of carbonyl (C=O) groups is 2. The summed E-state index contributed by atoms with van der Waals surface area (Å²) in [4.78, 5) is 21.8. The molecule has 0 saturated heterocycles. The zero-order valence-corrected chi connectivity index (χ0v) is 10.4. The number of ketones is 1. The summed E-state index contributed by atoms with van der Waals surface area (Å²) >= 11 is 0. The molecule has 1 aromatic rings. The number of amides is 1. The van der Waals surface area contributed by atoms with Gasteiger partial charge < -0.3 is 0 Å². The molecule has 0 atom stereocenters. The minimum absolute atomic E-state index is 0.160. The van der Waals surface area contributed by atoms with Crippen molar-refractivity contribution in [3.05, 3.63) is 46.9 Å². The molecular formula is C13H8F4N2O2. The number of halogens is 4. The zero-order chi connectivity index (χ0) is 15.6. The minimum atomic E-state index is -4.74. The van der Waals surface area contributed by atoms with E-state index in [1.54, 1.807) is 0 Å². The van der Waals surface area contributed by atoms with E-state index in [4.69, 9.17) is 0 Å². The van der Waals surface area contributed by atoms with Gasteiger partial charge in [0.25, 0.3) is 0 Å². The van der Waals surface area contributed by atoms with Gasteiger partial charge in [-0.15, -0.1) is 5.11 Å². The average Bonchev–Trinajstić information content (AvgIpc) is 2.39. The first-order valence-corrected chi connectivity index (χ1v) is 5.83. The Morgan fingerprint density at radius 2 is 1.76 bits per heavy atom. The number of benzene rings is 1. The lowest BCUT2D eigenvalue weighted by Crippen LogP contribution is -2.11. The van der Waals surface area contributed by atoms with Crippen molar-refractivity contribution in [2.75, 3.05) is 0 Å². The van der Waals surface area contributed by atoms with Crippen LogP contribution in [0.15, 0.2) is 40.2 Å². The van der Waals surface area contributed by atoms with Crippen LogP contribution in [0.4, 0.5) is 17.6 Å². The Kier molecular flexibility index (Phi) is 3.97. The SMILES string of the molecule is O=C1C=C(CCc2ccc(C(F)(F)F)c(F)c2)N=NC1=O. The lowest BCUT2D eigenvalue weighted by molar-refractivity contribution is -0.140. The lowest BCUT2D eigenvalue weighted by Gasteiger charge is -2.09. The summed E-state index contributed by atoms with van der Waals surface area (Å²) in [7, 11) is 0. The van der Waals surface area contributed by atoms with Crippen LogP contribution in [0.3, 0.4) is 0 Å². The van der Waals surface area contributed by atoms with Crippen molar-refractivity contribution in [1.29, 1.82) is 0 Å². The number of alkyl halides is 3. The van der Waals surface area contributed by atoms with Gasteiger partial charge in [0.2, 0.25) is 5.78 Å². The standard InChI is InChI=1S/C13H8F4N2O2/c14-10-5-7(2-4-9(10)13(15,16)17)1-3-8-6-11(20)12(21)19-18-8/h2,4-6H,1,3H2. The van der Waals surface area contributed by atoms with E-state index in [0.717, 1.165) is 18.2 Å². The van der Waals surface area contributed by atoms with Gasteiger partial charge in [-0.1, -0.05) is 6.07 Å². The zero-order valence-electron chi connectivity index (χ0n) is 10.4. The number of carbonyl (C=O) groups excluding carboxylic acids is 2. The van der Waals surface area contributed by atoms with Crippen molar-refractivity contribution in [3.63, 3.8) is 0 Å². The van der Waals surface area contributed by atoms with Gasteiger partial charge in [0.1, 0.15) is 5.82 Å². The fourth-order valence-electron chi connectivity index (χ4n) is 1.74. The Hall–Kier alpha value is -2.38. The highest BCUT2D eigenvalue weighted by atomic mass is 19.4. The maximum Gasteiger partial charge on any atom is 0.419 e. The molecule has 0 spiro atoms. The van der Waals surface area contributed by atoms with E-state index in [2.05, 4.69) is 10.2 Å². The highest BCUT2D eigenvalue weighted by Crippen LogP contribution is 2.31. The van der Waals surface area contributed by atoms with Crippen molar-refractivity contribution in [1.82, 2.24) is 0 Å². The number of hydrogen-bond acceptors (Lipinski definition) is 3. The second kappa shape index (κ2) is 5.55. The van der Waals surface area contributed by atoms with Crippen molar-refractivity contribution in [2.24, 2.45) is 10.2 Å². The van der Waals surface area contributed by atoms with E-state index < -0.39 is 29.2 Å². The number of hydrogen-bond donors (Lipinski definition) is 0. The highest BCUT2D eigenvalue weighted by Gasteiger charge is 2.33. The normalized spacial score (nSPS) is 15.3. The molecule has 1 aliphatic rings. The van der Waals surface area contributed by atoms with Crippen LogP contribution in [0.1, 0.15) is 17.5 Å². The third kappa shape index (κ3) is 3.59. The van der Waals surface area contributed by atoms with E-state index in [-0.39, 0.29) is 18.5 Å². The first-order valence-electron chi connectivity index (χ1n) is 5.83. The Balaban J connectivity index is 2.07. The van der Waals surface area contributed by atoms with Crippen LogP contribution >= 0.6 is 0 Å². The van der Waals surface area contributed by atoms with E-state index in [1.807, 2.05) is 0 Å². The molecule has 0 aromatic heterocycles. The average molecular weight is 300 g/mol. The van der Waals surface area contributed by atoms with Crippen LogP contribution in [0.2, 0.25) is 0 Å². The molecule has 8 heteroatoms. The molecular weight excluding hydrogens is 292 g/mol. The topological polar surface area (TPSA) is 58.9 Å². The van der Waals surface area contributed by atoms with Gasteiger partial charge in [0, 0.05) is 6.08 Å². The molecule has 0 radical (unpaired) electrons. The van der Waals surface area contributed by atoms with E-state index in [0.29, 0.717) is 11.6 Å². The predicted octanol–water partition coefficient (Wildman–Crippen LogP) is 3.22. The predicted molar refractivity (Wildman–Crippen MR) is 62.7 cm³/mol. The summed E-state index contributed by atoms with van der Waals surface area (Å²) in [6.45, 7) is 0. The smallest absolute Gasteiger partial charge is 0.284 e. The minimum Gasteiger partial charge on any atom is -0.284 e. The lowest BCUT2D eigenvalue weighted by atomic mass is 10.0. The number of rotatable bonds is 3. The molecule has 2 rings (SSSR count). The molecule has 0 N–H and O–H groups in total. The van der Waals surface area contributed by atoms with Gasteiger partial charge in [0.15, 0.2) is 0 Å². The van der Waals surface area contributed by atoms with Crippen LogP contribution < -0.4 is 0 Å². The second-order valence-electron chi connectivity index (χ2n) is 4.32. The molecule has 21 heavy (non-hydrogen) atoms. The largest absolute Gasteiger partial charge is 0.419 e. The van der Waals surface area contributed by atoms with Gasteiger partial charge in [-0.05, 0) is 30.5 Å². The van der Waals surface area contributed by atoms with Gasteiger partial charge in [0.05, 0.1) is 11.3 Å². The Morgan fingerprint density at radius 1 is 1.05 bits per heavy atom. The quantitative estimate of drug-likeness (QED) is 0.635. The number of nitrogens with zero attached hydrogens (tertiary/aromatic N) is 2.